The molecule has 2 aromatic heterocycles. The largest absolute Gasteiger partial charge is 0.475 e. The zero-order chi connectivity index (χ0) is 28.6. The quantitative estimate of drug-likeness (QED) is 0.202. The first-order chi connectivity index (χ1) is 19.0. The van der Waals surface area contributed by atoms with Gasteiger partial charge in [-0.05, 0) is 68.0 Å². The number of rotatable bonds is 9. The van der Waals surface area contributed by atoms with Crippen molar-refractivity contribution >= 4 is 28.9 Å². The molecule has 2 atom stereocenters. The van der Waals surface area contributed by atoms with Crippen molar-refractivity contribution in [1.29, 1.82) is 0 Å². The molecule has 2 unspecified atom stereocenters. The van der Waals surface area contributed by atoms with Gasteiger partial charge < -0.3 is 20.3 Å². The lowest BCUT2D eigenvalue weighted by Gasteiger charge is -2.32. The van der Waals surface area contributed by atoms with Crippen LogP contribution in [0.3, 0.4) is 0 Å². The minimum absolute atomic E-state index is 0.00876. The summed E-state index contributed by atoms with van der Waals surface area (Å²) in [6, 6.07) is 10.4. The van der Waals surface area contributed by atoms with Crippen LogP contribution in [-0.2, 0) is 12.7 Å². The van der Waals surface area contributed by atoms with Gasteiger partial charge in [0, 0.05) is 6.04 Å². The minimum Gasteiger partial charge on any atom is -0.475 e. The highest BCUT2D eigenvalue weighted by atomic mass is 19.4. The maximum Gasteiger partial charge on any atom is 0.416 e. The van der Waals surface area contributed by atoms with Crippen molar-refractivity contribution in [2.75, 3.05) is 10.6 Å². The van der Waals surface area contributed by atoms with Crippen LogP contribution < -0.4 is 10.6 Å². The van der Waals surface area contributed by atoms with Crippen molar-refractivity contribution in [3.05, 3.63) is 76.9 Å². The average Bonchev–Trinajstić information content (AvgIpc) is 3.19. The van der Waals surface area contributed by atoms with Crippen molar-refractivity contribution < 1.29 is 27.5 Å². The van der Waals surface area contributed by atoms with Crippen LogP contribution in [0.1, 0.15) is 66.5 Å². The molecule has 0 saturated heterocycles. The van der Waals surface area contributed by atoms with Gasteiger partial charge in [-0.3, -0.25) is 0 Å². The zero-order valence-electron chi connectivity index (χ0n) is 21.8. The third-order valence-electron chi connectivity index (χ3n) is 7.33. The molecule has 1 aliphatic rings. The van der Waals surface area contributed by atoms with Crippen molar-refractivity contribution in [2.45, 2.75) is 57.9 Å². The van der Waals surface area contributed by atoms with E-state index in [1.807, 2.05) is 13.8 Å². The Kier molecular flexibility index (Phi) is 7.35. The maximum absolute atomic E-state index is 13.9. The summed E-state index contributed by atoms with van der Waals surface area (Å²) in [5, 5.41) is 16.2. The predicted molar refractivity (Wildman–Crippen MR) is 142 cm³/mol. The van der Waals surface area contributed by atoms with Gasteiger partial charge in [0.1, 0.15) is 11.3 Å². The summed E-state index contributed by atoms with van der Waals surface area (Å²) in [6.07, 6.45) is -1.27. The third-order valence-corrected chi connectivity index (χ3v) is 7.33. The number of halogens is 4. The number of fused-ring (bicyclic) bond motifs is 1. The number of aromatic nitrogens is 4. The molecule has 1 fully saturated rings. The topological polar surface area (TPSA) is 105 Å². The Bertz CT molecular complexity index is 1530. The number of alkyl halides is 3. The van der Waals surface area contributed by atoms with Crippen LogP contribution in [0.5, 0.6) is 0 Å². The standard InChI is InChI=1S/C28H28F4N6O2/c1-15(18-5-3-6-18)33-23-22-24(36-25(35-23)26(39)40)37-27(34-16(2)19-7-4-8-21(29)13-19)38(22)14-17-9-11-20(12-10-17)28(30,31)32/h4,7-13,15-16,18H,3,5-6,14H2,1-2H3,(H,39,40)(H2,33,34,35,36,37). The Hall–Kier alpha value is -4.22. The first-order valence-corrected chi connectivity index (χ1v) is 13.0. The van der Waals surface area contributed by atoms with E-state index in [0.717, 1.165) is 31.4 Å². The van der Waals surface area contributed by atoms with Crippen molar-refractivity contribution in [1.82, 2.24) is 19.5 Å². The molecule has 40 heavy (non-hydrogen) atoms. The van der Waals surface area contributed by atoms with Crippen LogP contribution in [0.2, 0.25) is 0 Å². The highest BCUT2D eigenvalue weighted by molar-refractivity contribution is 5.91. The smallest absolute Gasteiger partial charge is 0.416 e. The van der Waals surface area contributed by atoms with Crippen LogP contribution in [0.15, 0.2) is 48.5 Å². The number of carboxylic acids is 1. The van der Waals surface area contributed by atoms with Gasteiger partial charge >= 0.3 is 12.1 Å². The van der Waals surface area contributed by atoms with Crippen molar-refractivity contribution in [3.8, 4) is 0 Å². The molecular formula is C28H28F4N6O2. The van der Waals surface area contributed by atoms with Gasteiger partial charge in [-0.25, -0.2) is 19.2 Å². The van der Waals surface area contributed by atoms with Gasteiger partial charge in [0.25, 0.3) is 0 Å². The van der Waals surface area contributed by atoms with E-state index in [0.29, 0.717) is 22.6 Å². The van der Waals surface area contributed by atoms with Crippen LogP contribution in [0.4, 0.5) is 29.3 Å². The molecule has 0 amide bonds. The second-order valence-electron chi connectivity index (χ2n) is 10.1. The molecular weight excluding hydrogens is 528 g/mol. The summed E-state index contributed by atoms with van der Waals surface area (Å²) >= 11 is 0. The Morgan fingerprint density at radius 3 is 2.40 bits per heavy atom. The van der Waals surface area contributed by atoms with E-state index in [4.69, 9.17) is 0 Å². The van der Waals surface area contributed by atoms with E-state index in [-0.39, 0.29) is 30.0 Å². The minimum atomic E-state index is -4.47. The molecule has 0 radical (unpaired) electrons. The lowest BCUT2D eigenvalue weighted by molar-refractivity contribution is -0.137. The Morgan fingerprint density at radius 2 is 1.80 bits per heavy atom. The fraction of sp³-hybridized carbons (Fsp3) is 0.357. The van der Waals surface area contributed by atoms with Crippen LogP contribution >= 0.6 is 0 Å². The predicted octanol–water partition coefficient (Wildman–Crippen LogP) is 6.50. The van der Waals surface area contributed by atoms with Crippen LogP contribution in [0.25, 0.3) is 11.2 Å². The first-order valence-electron chi connectivity index (χ1n) is 13.0. The average molecular weight is 557 g/mol. The first kappa shape index (κ1) is 27.4. The molecule has 2 aromatic carbocycles. The Morgan fingerprint density at radius 1 is 1.07 bits per heavy atom. The number of carboxylic acid groups (broad SMARTS) is 1. The van der Waals surface area contributed by atoms with Gasteiger partial charge in [0.15, 0.2) is 11.5 Å². The van der Waals surface area contributed by atoms with Crippen LogP contribution in [0, 0.1) is 11.7 Å². The third kappa shape index (κ3) is 5.70. The summed E-state index contributed by atoms with van der Waals surface area (Å²) in [7, 11) is 0. The molecule has 0 aliphatic heterocycles. The van der Waals surface area contributed by atoms with Gasteiger partial charge in [0.05, 0.1) is 18.2 Å². The van der Waals surface area contributed by atoms with E-state index in [1.54, 1.807) is 16.7 Å². The normalized spacial score (nSPS) is 15.4. The SMILES string of the molecule is CC(Nc1nc2nc(C(=O)O)nc(NC(C)C3CCC3)c2n1Cc1ccc(C(F)(F)F)cc1)c1cccc(F)c1. The number of nitrogens with one attached hydrogen (secondary N) is 2. The summed E-state index contributed by atoms with van der Waals surface area (Å²) in [5.74, 6) is -1.20. The molecule has 8 nitrogen and oxygen atoms in total. The van der Waals surface area contributed by atoms with Gasteiger partial charge in [-0.1, -0.05) is 30.7 Å². The number of benzene rings is 2. The lowest BCUT2D eigenvalue weighted by Crippen LogP contribution is -2.31. The maximum atomic E-state index is 13.9. The fourth-order valence-corrected chi connectivity index (χ4v) is 4.80. The molecule has 12 heteroatoms. The zero-order valence-corrected chi connectivity index (χ0v) is 21.8. The number of imidazole rings is 1. The molecule has 1 aliphatic carbocycles. The van der Waals surface area contributed by atoms with E-state index in [9.17, 15) is 27.5 Å². The second-order valence-corrected chi connectivity index (χ2v) is 10.1. The Labute approximate surface area is 227 Å². The second kappa shape index (κ2) is 10.7. The highest BCUT2D eigenvalue weighted by Gasteiger charge is 2.30. The number of aromatic carboxylic acids is 1. The van der Waals surface area contributed by atoms with E-state index < -0.39 is 35.4 Å². The number of hydrogen-bond acceptors (Lipinski definition) is 6. The van der Waals surface area contributed by atoms with Gasteiger partial charge in [0.2, 0.25) is 11.8 Å². The molecule has 210 valence electrons. The summed E-state index contributed by atoms with van der Waals surface area (Å²) < 4.78 is 55.1. The number of anilines is 2. The summed E-state index contributed by atoms with van der Waals surface area (Å²) in [4.78, 5) is 24.8. The van der Waals surface area contributed by atoms with Crippen molar-refractivity contribution in [2.24, 2.45) is 5.92 Å². The van der Waals surface area contributed by atoms with Crippen molar-refractivity contribution in [3.63, 3.8) is 0 Å². The number of nitrogens with zero attached hydrogens (tertiary/aromatic N) is 4. The van der Waals surface area contributed by atoms with E-state index in [1.165, 1.54) is 24.3 Å². The van der Waals surface area contributed by atoms with Gasteiger partial charge in [-0.2, -0.15) is 18.2 Å². The summed E-state index contributed by atoms with van der Waals surface area (Å²) in [5.41, 5.74) is 0.939. The molecule has 4 aromatic rings. The monoisotopic (exact) mass is 556 g/mol. The Balaban J connectivity index is 1.61. The molecule has 5 rings (SSSR count). The molecule has 0 bridgehead atoms. The fourth-order valence-electron chi connectivity index (χ4n) is 4.80. The van der Waals surface area contributed by atoms with Crippen LogP contribution in [-0.4, -0.2) is 36.6 Å². The molecule has 0 spiro atoms. The molecule has 3 N–H and O–H groups in total. The van der Waals surface area contributed by atoms with Gasteiger partial charge in [-0.15, -0.1) is 0 Å². The van der Waals surface area contributed by atoms with E-state index >= 15 is 0 Å². The highest BCUT2D eigenvalue weighted by Crippen LogP contribution is 2.34. The summed E-state index contributed by atoms with van der Waals surface area (Å²) in [6.45, 7) is 3.90. The lowest BCUT2D eigenvalue weighted by atomic mass is 9.80. The molecule has 1 saturated carbocycles. The van der Waals surface area contributed by atoms with E-state index in [2.05, 4.69) is 25.6 Å². The number of carbonyl (C=O) groups is 1. The molecule has 2 heterocycles. The number of hydrogen-bond donors (Lipinski definition) is 3.